The molecule has 1 saturated heterocycles. The molecule has 0 aromatic carbocycles. The molecule has 1 saturated carbocycles. The highest BCUT2D eigenvalue weighted by Crippen LogP contribution is 2.31. The molecule has 1 heterocycles. The Morgan fingerprint density at radius 2 is 1.86 bits per heavy atom. The van der Waals surface area contributed by atoms with Gasteiger partial charge >= 0.3 is 5.97 Å². The molecule has 4 heteroatoms. The molecule has 0 bridgehead atoms. The fourth-order valence-electron chi connectivity index (χ4n) is 3.20. The number of hydrogen-bond acceptors (Lipinski definition) is 3. The quantitative estimate of drug-likeness (QED) is 0.752. The maximum absolute atomic E-state index is 12.2. The van der Waals surface area contributed by atoms with Crippen molar-refractivity contribution in [3.8, 4) is 0 Å². The van der Waals surface area contributed by atoms with Crippen LogP contribution in [0.4, 0.5) is 0 Å². The zero-order valence-electron chi connectivity index (χ0n) is 13.9. The van der Waals surface area contributed by atoms with E-state index in [0.717, 1.165) is 18.8 Å². The molecule has 2 aliphatic rings. The average Bonchev–Trinajstić information content (AvgIpc) is 2.78. The highest BCUT2D eigenvalue weighted by Gasteiger charge is 2.39. The summed E-state index contributed by atoms with van der Waals surface area (Å²) in [6.45, 7) is 9.35. The number of carbonyl (C=O) groups is 2. The van der Waals surface area contributed by atoms with Crippen LogP contribution in [0.5, 0.6) is 0 Å². The van der Waals surface area contributed by atoms with Gasteiger partial charge in [0, 0.05) is 19.0 Å². The normalized spacial score (nSPS) is 30.6. The Balaban J connectivity index is 1.86. The molecule has 0 spiro atoms. The number of ether oxygens (including phenoxy) is 1. The van der Waals surface area contributed by atoms with E-state index < -0.39 is 0 Å². The van der Waals surface area contributed by atoms with E-state index in [1.54, 1.807) is 0 Å². The monoisotopic (exact) mass is 295 g/mol. The first-order valence-corrected chi connectivity index (χ1v) is 8.22. The average molecular weight is 295 g/mol. The van der Waals surface area contributed by atoms with Gasteiger partial charge in [-0.15, -0.1) is 0 Å². The minimum absolute atomic E-state index is 0.0303. The molecule has 0 aromatic heterocycles. The zero-order chi connectivity index (χ0) is 15.6. The van der Waals surface area contributed by atoms with Gasteiger partial charge in [0.2, 0.25) is 5.91 Å². The predicted octanol–water partition coefficient (Wildman–Crippen LogP) is 3.00. The molecule has 1 amide bonds. The summed E-state index contributed by atoms with van der Waals surface area (Å²) >= 11 is 0. The van der Waals surface area contributed by atoms with Crippen molar-refractivity contribution < 1.29 is 14.3 Å². The summed E-state index contributed by atoms with van der Waals surface area (Å²) < 4.78 is 5.37. The molecule has 0 unspecified atom stereocenters. The van der Waals surface area contributed by atoms with Crippen molar-refractivity contribution >= 4 is 11.9 Å². The van der Waals surface area contributed by atoms with E-state index in [1.807, 2.05) is 25.7 Å². The molecule has 1 aliphatic heterocycles. The molecule has 0 radical (unpaired) electrons. The molecule has 0 aromatic rings. The molecular formula is C17H29NO3. The van der Waals surface area contributed by atoms with Crippen LogP contribution in [0.2, 0.25) is 0 Å². The van der Waals surface area contributed by atoms with E-state index in [4.69, 9.17) is 4.74 Å². The molecule has 1 aliphatic carbocycles. The van der Waals surface area contributed by atoms with Crippen molar-refractivity contribution in [3.63, 3.8) is 0 Å². The van der Waals surface area contributed by atoms with Crippen LogP contribution in [0.15, 0.2) is 0 Å². The van der Waals surface area contributed by atoms with Gasteiger partial charge in [-0.3, -0.25) is 9.59 Å². The predicted molar refractivity (Wildman–Crippen MR) is 81.7 cm³/mol. The van der Waals surface area contributed by atoms with Gasteiger partial charge < -0.3 is 9.64 Å². The van der Waals surface area contributed by atoms with Gasteiger partial charge in [0.15, 0.2) is 0 Å². The second-order valence-electron chi connectivity index (χ2n) is 8.03. The molecule has 4 nitrogen and oxygen atoms in total. The number of likely N-dealkylation sites (tertiary alicyclic amines) is 1. The van der Waals surface area contributed by atoms with Gasteiger partial charge in [-0.1, -0.05) is 27.7 Å². The van der Waals surface area contributed by atoms with E-state index in [2.05, 4.69) is 6.92 Å². The Morgan fingerprint density at radius 1 is 1.24 bits per heavy atom. The molecule has 0 N–H and O–H groups in total. The lowest BCUT2D eigenvalue weighted by atomic mass is 9.87. The van der Waals surface area contributed by atoms with Crippen molar-refractivity contribution in [1.82, 2.24) is 4.90 Å². The van der Waals surface area contributed by atoms with Crippen molar-refractivity contribution in [2.75, 3.05) is 13.2 Å². The van der Waals surface area contributed by atoms with Gasteiger partial charge in [0.1, 0.15) is 0 Å². The first-order chi connectivity index (χ1) is 9.76. The van der Waals surface area contributed by atoms with Crippen LogP contribution in [0, 0.1) is 17.3 Å². The summed E-state index contributed by atoms with van der Waals surface area (Å²) in [4.78, 5) is 26.2. The van der Waals surface area contributed by atoms with Gasteiger partial charge in [-0.2, -0.15) is 0 Å². The Kier molecular flexibility index (Phi) is 4.95. The van der Waals surface area contributed by atoms with E-state index in [9.17, 15) is 9.59 Å². The minimum atomic E-state index is -0.265. The number of hydrogen-bond donors (Lipinski definition) is 0. The minimum Gasteiger partial charge on any atom is -0.465 e. The fraction of sp³-hybridized carbons (Fsp3) is 0.882. The van der Waals surface area contributed by atoms with Gasteiger partial charge in [0.05, 0.1) is 12.5 Å². The van der Waals surface area contributed by atoms with Crippen molar-refractivity contribution in [2.45, 2.75) is 65.8 Å². The van der Waals surface area contributed by atoms with Crippen molar-refractivity contribution in [2.24, 2.45) is 17.3 Å². The number of rotatable bonds is 3. The van der Waals surface area contributed by atoms with Crippen molar-refractivity contribution in [3.05, 3.63) is 0 Å². The Labute approximate surface area is 128 Å². The van der Waals surface area contributed by atoms with Gasteiger partial charge in [-0.25, -0.2) is 0 Å². The highest BCUT2D eigenvalue weighted by molar-refractivity contribution is 5.87. The second-order valence-corrected chi connectivity index (χ2v) is 8.03. The highest BCUT2D eigenvalue weighted by atomic mass is 16.5. The number of nitrogens with zero attached hydrogens (tertiary/aromatic N) is 1. The third kappa shape index (κ3) is 4.45. The van der Waals surface area contributed by atoms with Crippen LogP contribution < -0.4 is 0 Å². The summed E-state index contributed by atoms with van der Waals surface area (Å²) in [5.41, 5.74) is -0.0303. The standard InChI is InChI=1S/C17H29NO3/c1-12-5-7-14(8-6-12)18-10-13(9-15(18)19)16(20)21-11-17(2,3)4/h12-14H,5-11H2,1-4H3/t12?,13-,14?/m1/s1. The van der Waals surface area contributed by atoms with Crippen LogP contribution in [-0.4, -0.2) is 36.0 Å². The second kappa shape index (κ2) is 6.37. The molecule has 2 fully saturated rings. The largest absolute Gasteiger partial charge is 0.465 e. The third-order valence-corrected chi connectivity index (χ3v) is 4.57. The summed E-state index contributed by atoms with van der Waals surface area (Å²) in [5.74, 6) is 0.433. The van der Waals surface area contributed by atoms with Gasteiger partial charge in [0.25, 0.3) is 0 Å². The van der Waals surface area contributed by atoms with E-state index in [1.165, 1.54) is 12.8 Å². The molecule has 120 valence electrons. The summed E-state index contributed by atoms with van der Waals surface area (Å²) in [6.07, 6.45) is 4.86. The topological polar surface area (TPSA) is 46.6 Å². The molecule has 21 heavy (non-hydrogen) atoms. The maximum Gasteiger partial charge on any atom is 0.311 e. The Bertz CT molecular complexity index is 391. The zero-order valence-corrected chi connectivity index (χ0v) is 13.9. The Morgan fingerprint density at radius 3 is 2.43 bits per heavy atom. The lowest BCUT2D eigenvalue weighted by Crippen LogP contribution is -2.39. The first-order valence-electron chi connectivity index (χ1n) is 8.22. The molecular weight excluding hydrogens is 266 g/mol. The number of carbonyl (C=O) groups excluding carboxylic acids is 2. The van der Waals surface area contributed by atoms with E-state index >= 15 is 0 Å². The van der Waals surface area contributed by atoms with Crippen molar-refractivity contribution in [1.29, 1.82) is 0 Å². The van der Waals surface area contributed by atoms with Crippen LogP contribution >= 0.6 is 0 Å². The van der Waals surface area contributed by atoms with E-state index in [0.29, 0.717) is 25.6 Å². The summed E-state index contributed by atoms with van der Waals surface area (Å²) in [6, 6.07) is 0.342. The summed E-state index contributed by atoms with van der Waals surface area (Å²) in [5, 5.41) is 0. The lowest BCUT2D eigenvalue weighted by Gasteiger charge is -2.33. The van der Waals surface area contributed by atoms with Gasteiger partial charge in [-0.05, 0) is 37.0 Å². The number of esters is 1. The summed E-state index contributed by atoms with van der Waals surface area (Å²) in [7, 11) is 0. The molecule has 1 atom stereocenters. The lowest BCUT2D eigenvalue weighted by molar-refractivity contribution is -0.151. The maximum atomic E-state index is 12.2. The first kappa shape index (κ1) is 16.3. The van der Waals surface area contributed by atoms with Crippen LogP contribution in [0.3, 0.4) is 0 Å². The van der Waals surface area contributed by atoms with Crippen LogP contribution in [0.25, 0.3) is 0 Å². The SMILES string of the molecule is CC1CCC(N2C[C@H](C(=O)OCC(C)(C)C)CC2=O)CC1. The van der Waals surface area contributed by atoms with Crippen LogP contribution in [0.1, 0.15) is 59.8 Å². The van der Waals surface area contributed by atoms with E-state index in [-0.39, 0.29) is 23.2 Å². The Hall–Kier alpha value is -1.06. The fourth-order valence-corrected chi connectivity index (χ4v) is 3.20. The molecule has 2 rings (SSSR count). The van der Waals surface area contributed by atoms with Crippen LogP contribution in [-0.2, 0) is 14.3 Å². The number of amides is 1. The smallest absolute Gasteiger partial charge is 0.311 e. The third-order valence-electron chi connectivity index (χ3n) is 4.57.